The molecule has 0 spiro atoms. The second-order valence-electron chi connectivity index (χ2n) is 8.87. The standard InChI is InChI=1S/C25H28N6O/c1-15-11-22(29-31-14-18(4)27-24(15)31)25(32)28-21-9-10-23(20-8-6-5-7-19(20)21)30-12-16(2)26-17(3)13-30/h5-11,14,16-17,26H,12-13H2,1-4H3,(H,28,32)/t16-,17+. The van der Waals surface area contributed by atoms with Crippen LogP contribution in [-0.4, -0.2) is 45.7 Å². The van der Waals surface area contributed by atoms with Gasteiger partial charge < -0.3 is 15.5 Å². The Hall–Kier alpha value is -3.45. The number of carbonyl (C=O) groups excluding carboxylic acids is 1. The number of fused-ring (bicyclic) bond motifs is 2. The van der Waals surface area contributed by atoms with Gasteiger partial charge in [-0.2, -0.15) is 5.10 Å². The fourth-order valence-corrected chi connectivity index (χ4v) is 4.73. The van der Waals surface area contributed by atoms with E-state index in [2.05, 4.69) is 57.7 Å². The van der Waals surface area contributed by atoms with Crippen molar-refractivity contribution in [2.45, 2.75) is 39.8 Å². The molecule has 0 aliphatic carbocycles. The molecule has 2 aromatic carbocycles. The van der Waals surface area contributed by atoms with Gasteiger partial charge in [-0.15, -0.1) is 0 Å². The maximum Gasteiger partial charge on any atom is 0.276 e. The zero-order valence-electron chi connectivity index (χ0n) is 18.9. The molecule has 7 nitrogen and oxygen atoms in total. The van der Waals surface area contributed by atoms with Crippen molar-refractivity contribution in [2.75, 3.05) is 23.3 Å². The summed E-state index contributed by atoms with van der Waals surface area (Å²) in [5, 5.41) is 13.3. The van der Waals surface area contributed by atoms with E-state index in [0.717, 1.165) is 46.5 Å². The van der Waals surface area contributed by atoms with Crippen LogP contribution in [0.4, 0.5) is 11.4 Å². The van der Waals surface area contributed by atoms with E-state index in [1.54, 1.807) is 10.6 Å². The third-order valence-electron chi connectivity index (χ3n) is 6.01. The highest BCUT2D eigenvalue weighted by Crippen LogP contribution is 2.33. The van der Waals surface area contributed by atoms with E-state index < -0.39 is 0 Å². The van der Waals surface area contributed by atoms with E-state index in [1.165, 1.54) is 5.69 Å². The third kappa shape index (κ3) is 3.69. The fourth-order valence-electron chi connectivity index (χ4n) is 4.73. The van der Waals surface area contributed by atoms with E-state index in [0.29, 0.717) is 17.8 Å². The zero-order chi connectivity index (χ0) is 22.4. The summed E-state index contributed by atoms with van der Waals surface area (Å²) >= 11 is 0. The van der Waals surface area contributed by atoms with E-state index in [4.69, 9.17) is 0 Å². The number of aromatic nitrogens is 3. The number of rotatable bonds is 3. The summed E-state index contributed by atoms with van der Waals surface area (Å²) in [6.45, 7) is 10.2. The van der Waals surface area contributed by atoms with Crippen molar-refractivity contribution in [1.82, 2.24) is 19.9 Å². The molecule has 2 atom stereocenters. The van der Waals surface area contributed by atoms with Gasteiger partial charge in [0.25, 0.3) is 5.91 Å². The van der Waals surface area contributed by atoms with Crippen LogP contribution in [0.15, 0.2) is 48.7 Å². The summed E-state index contributed by atoms with van der Waals surface area (Å²) in [4.78, 5) is 20.0. The molecule has 0 saturated carbocycles. The lowest BCUT2D eigenvalue weighted by Gasteiger charge is -2.38. The topological polar surface area (TPSA) is 74.6 Å². The maximum absolute atomic E-state index is 13.1. The van der Waals surface area contributed by atoms with Gasteiger partial charge in [-0.05, 0) is 51.5 Å². The SMILES string of the molecule is Cc1cn2nc(C(=O)Nc3ccc(N4C[C@@H](C)N[C@@H](C)C4)c4ccccc34)cc(C)c2n1. The van der Waals surface area contributed by atoms with Crippen molar-refractivity contribution in [2.24, 2.45) is 0 Å². The number of piperazine rings is 1. The molecule has 7 heteroatoms. The van der Waals surface area contributed by atoms with E-state index >= 15 is 0 Å². The molecule has 1 aliphatic heterocycles. The molecule has 1 aliphatic rings. The van der Waals surface area contributed by atoms with E-state index in [9.17, 15) is 4.79 Å². The average molecular weight is 429 g/mol. The Morgan fingerprint density at radius 2 is 1.78 bits per heavy atom. The van der Waals surface area contributed by atoms with Gasteiger partial charge in [0.05, 0.1) is 11.9 Å². The Morgan fingerprint density at radius 3 is 2.53 bits per heavy atom. The van der Waals surface area contributed by atoms with Crippen LogP contribution in [-0.2, 0) is 0 Å². The lowest BCUT2D eigenvalue weighted by atomic mass is 10.0. The minimum Gasteiger partial charge on any atom is -0.368 e. The molecule has 1 saturated heterocycles. The highest BCUT2D eigenvalue weighted by Gasteiger charge is 2.23. The molecule has 5 rings (SSSR count). The summed E-state index contributed by atoms with van der Waals surface area (Å²) in [5.74, 6) is -0.233. The number of nitrogens with zero attached hydrogens (tertiary/aromatic N) is 4. The first-order chi connectivity index (χ1) is 15.4. The van der Waals surface area contributed by atoms with Crippen LogP contribution in [0.2, 0.25) is 0 Å². The number of nitrogens with one attached hydrogen (secondary N) is 2. The van der Waals surface area contributed by atoms with E-state index in [-0.39, 0.29) is 5.91 Å². The lowest BCUT2D eigenvalue weighted by Crippen LogP contribution is -2.54. The zero-order valence-corrected chi connectivity index (χ0v) is 18.9. The van der Waals surface area contributed by atoms with Crippen molar-refractivity contribution in [3.05, 3.63) is 65.6 Å². The Kier molecular flexibility index (Phi) is 5.06. The highest BCUT2D eigenvalue weighted by atomic mass is 16.1. The first-order valence-electron chi connectivity index (χ1n) is 11.1. The largest absolute Gasteiger partial charge is 0.368 e. The predicted molar refractivity (Wildman–Crippen MR) is 129 cm³/mol. The molecule has 4 aromatic rings. The van der Waals surface area contributed by atoms with Gasteiger partial charge in [-0.3, -0.25) is 4.79 Å². The predicted octanol–water partition coefficient (Wildman–Crippen LogP) is 3.94. The monoisotopic (exact) mass is 428 g/mol. The normalized spacial score (nSPS) is 18.9. The second-order valence-corrected chi connectivity index (χ2v) is 8.87. The number of benzene rings is 2. The van der Waals surface area contributed by atoms with Crippen LogP contribution < -0.4 is 15.5 Å². The van der Waals surface area contributed by atoms with Crippen LogP contribution in [0.5, 0.6) is 0 Å². The molecular weight excluding hydrogens is 400 g/mol. The van der Waals surface area contributed by atoms with Crippen molar-refractivity contribution in [3.63, 3.8) is 0 Å². The van der Waals surface area contributed by atoms with Gasteiger partial charge in [0.15, 0.2) is 5.65 Å². The molecule has 164 valence electrons. The Labute approximate surface area is 187 Å². The average Bonchev–Trinajstić information content (AvgIpc) is 3.14. The third-order valence-corrected chi connectivity index (χ3v) is 6.01. The summed E-state index contributed by atoms with van der Waals surface area (Å²) < 4.78 is 1.67. The second kappa shape index (κ2) is 7.91. The molecule has 0 radical (unpaired) electrons. The Balaban J connectivity index is 1.49. The molecule has 3 heterocycles. The number of hydrogen-bond donors (Lipinski definition) is 2. The molecule has 0 unspecified atom stereocenters. The number of anilines is 2. The van der Waals surface area contributed by atoms with Gasteiger partial charge in [0, 0.05) is 47.3 Å². The highest BCUT2D eigenvalue weighted by molar-refractivity contribution is 6.10. The van der Waals surface area contributed by atoms with Gasteiger partial charge in [0.1, 0.15) is 5.69 Å². The number of imidazole rings is 1. The lowest BCUT2D eigenvalue weighted by molar-refractivity contribution is 0.102. The van der Waals surface area contributed by atoms with Crippen molar-refractivity contribution < 1.29 is 4.79 Å². The first kappa shape index (κ1) is 20.5. The minimum absolute atomic E-state index is 0.233. The maximum atomic E-state index is 13.1. The summed E-state index contributed by atoms with van der Waals surface area (Å²) in [5.41, 5.74) is 4.91. The minimum atomic E-state index is -0.233. The van der Waals surface area contributed by atoms with Crippen LogP contribution in [0.25, 0.3) is 16.4 Å². The van der Waals surface area contributed by atoms with Crippen molar-refractivity contribution in [1.29, 1.82) is 0 Å². The Bertz CT molecular complexity index is 1320. The molecule has 2 aromatic heterocycles. The summed E-state index contributed by atoms with van der Waals surface area (Å²) in [6, 6.07) is 15.0. The molecule has 32 heavy (non-hydrogen) atoms. The van der Waals surface area contributed by atoms with Gasteiger partial charge in [-0.1, -0.05) is 24.3 Å². The smallest absolute Gasteiger partial charge is 0.276 e. The number of carbonyl (C=O) groups is 1. The summed E-state index contributed by atoms with van der Waals surface area (Å²) in [6.07, 6.45) is 1.83. The molecular formula is C25H28N6O. The number of amides is 1. The summed E-state index contributed by atoms with van der Waals surface area (Å²) in [7, 11) is 0. The van der Waals surface area contributed by atoms with Crippen LogP contribution >= 0.6 is 0 Å². The van der Waals surface area contributed by atoms with Crippen LogP contribution in [0.3, 0.4) is 0 Å². The van der Waals surface area contributed by atoms with Gasteiger partial charge in [-0.25, -0.2) is 9.50 Å². The molecule has 2 N–H and O–H groups in total. The van der Waals surface area contributed by atoms with Gasteiger partial charge >= 0.3 is 0 Å². The Morgan fingerprint density at radius 1 is 1.06 bits per heavy atom. The molecule has 0 bridgehead atoms. The van der Waals surface area contributed by atoms with Crippen LogP contribution in [0.1, 0.15) is 35.6 Å². The number of aryl methyl sites for hydroxylation is 2. The quantitative estimate of drug-likeness (QED) is 0.517. The van der Waals surface area contributed by atoms with Crippen LogP contribution in [0, 0.1) is 13.8 Å². The molecule has 1 fully saturated rings. The van der Waals surface area contributed by atoms with E-state index in [1.807, 2.05) is 38.2 Å². The van der Waals surface area contributed by atoms with Crippen molar-refractivity contribution in [3.8, 4) is 0 Å². The fraction of sp³-hybridized carbons (Fsp3) is 0.320. The number of hydrogen-bond acceptors (Lipinski definition) is 5. The van der Waals surface area contributed by atoms with Crippen molar-refractivity contribution >= 4 is 33.7 Å². The van der Waals surface area contributed by atoms with Gasteiger partial charge in [0.2, 0.25) is 0 Å². The molecule has 1 amide bonds. The first-order valence-corrected chi connectivity index (χ1v) is 11.1.